The van der Waals surface area contributed by atoms with Crippen molar-refractivity contribution in [2.24, 2.45) is 0 Å². The third-order valence-corrected chi connectivity index (χ3v) is 4.53. The van der Waals surface area contributed by atoms with Crippen LogP contribution in [-0.2, 0) is 22.6 Å². The molecule has 25 heavy (non-hydrogen) atoms. The maximum absolute atomic E-state index is 12.4. The van der Waals surface area contributed by atoms with Crippen LogP contribution in [0.15, 0.2) is 28.8 Å². The minimum absolute atomic E-state index is 0.138. The number of carbonyl (C=O) groups excluding carboxylic acids is 1. The average Bonchev–Trinajstić information content (AvgIpc) is 2.93. The van der Waals surface area contributed by atoms with Crippen LogP contribution in [0.5, 0.6) is 5.75 Å². The van der Waals surface area contributed by atoms with Crippen LogP contribution in [0, 0.1) is 13.8 Å². The molecular formula is C19H24N2O4. The second-order valence-electron chi connectivity index (χ2n) is 6.42. The number of rotatable bonds is 5. The molecule has 3 rings (SSSR count). The number of morpholine rings is 1. The molecule has 1 amide bonds. The van der Waals surface area contributed by atoms with Crippen molar-refractivity contribution in [1.82, 2.24) is 10.1 Å². The molecule has 6 heteroatoms. The molecule has 1 aliphatic rings. The molecule has 2 aromatic rings. The van der Waals surface area contributed by atoms with Gasteiger partial charge in [-0.05, 0) is 38.5 Å². The SMILES string of the molecule is Cc1noc(C)c1COc1ccc(CC(=O)N2CCOCC2C)cc1. The highest BCUT2D eigenvalue weighted by atomic mass is 16.5. The van der Waals surface area contributed by atoms with E-state index < -0.39 is 0 Å². The van der Waals surface area contributed by atoms with Crippen molar-refractivity contribution >= 4 is 5.91 Å². The minimum atomic E-state index is 0.138. The summed E-state index contributed by atoms with van der Waals surface area (Å²) in [6.45, 7) is 8.10. The van der Waals surface area contributed by atoms with Gasteiger partial charge in [-0.25, -0.2) is 0 Å². The van der Waals surface area contributed by atoms with E-state index in [1.807, 2.05) is 49.9 Å². The van der Waals surface area contributed by atoms with E-state index in [-0.39, 0.29) is 11.9 Å². The highest BCUT2D eigenvalue weighted by Crippen LogP contribution is 2.18. The summed E-state index contributed by atoms with van der Waals surface area (Å²) in [5, 5.41) is 3.92. The van der Waals surface area contributed by atoms with E-state index in [9.17, 15) is 4.79 Å². The lowest BCUT2D eigenvalue weighted by Gasteiger charge is -2.33. The number of hydrogen-bond acceptors (Lipinski definition) is 5. The van der Waals surface area contributed by atoms with Gasteiger partial charge >= 0.3 is 0 Å². The number of aromatic nitrogens is 1. The van der Waals surface area contributed by atoms with Gasteiger partial charge in [-0.2, -0.15) is 0 Å². The Balaban J connectivity index is 1.56. The van der Waals surface area contributed by atoms with Gasteiger partial charge < -0.3 is 18.9 Å². The van der Waals surface area contributed by atoms with Crippen LogP contribution in [-0.4, -0.2) is 41.8 Å². The number of carbonyl (C=O) groups is 1. The number of nitrogens with zero attached hydrogens (tertiary/aromatic N) is 2. The summed E-state index contributed by atoms with van der Waals surface area (Å²) in [6, 6.07) is 7.80. The third-order valence-electron chi connectivity index (χ3n) is 4.53. The first-order valence-electron chi connectivity index (χ1n) is 8.55. The Morgan fingerprint density at radius 2 is 2.08 bits per heavy atom. The van der Waals surface area contributed by atoms with Gasteiger partial charge in [0, 0.05) is 6.54 Å². The lowest BCUT2D eigenvalue weighted by molar-refractivity contribution is -0.138. The molecule has 0 aliphatic carbocycles. The largest absolute Gasteiger partial charge is 0.489 e. The second kappa shape index (κ2) is 7.70. The first kappa shape index (κ1) is 17.5. The van der Waals surface area contributed by atoms with Crippen LogP contribution in [0.2, 0.25) is 0 Å². The van der Waals surface area contributed by atoms with E-state index in [4.69, 9.17) is 14.0 Å². The summed E-state index contributed by atoms with van der Waals surface area (Å²) in [5.41, 5.74) is 2.80. The lowest BCUT2D eigenvalue weighted by atomic mass is 10.1. The van der Waals surface area contributed by atoms with E-state index in [0.717, 1.165) is 28.3 Å². The van der Waals surface area contributed by atoms with Gasteiger partial charge in [0.25, 0.3) is 0 Å². The van der Waals surface area contributed by atoms with Crippen molar-refractivity contribution in [3.05, 3.63) is 46.8 Å². The zero-order chi connectivity index (χ0) is 17.8. The fraction of sp³-hybridized carbons (Fsp3) is 0.474. The molecule has 2 heterocycles. The zero-order valence-electron chi connectivity index (χ0n) is 14.9. The normalized spacial score (nSPS) is 17.6. The molecule has 1 aromatic heterocycles. The Labute approximate surface area is 147 Å². The summed E-state index contributed by atoms with van der Waals surface area (Å²) in [4.78, 5) is 14.3. The van der Waals surface area contributed by atoms with Crippen LogP contribution in [0.3, 0.4) is 0 Å². The fourth-order valence-electron chi connectivity index (χ4n) is 2.94. The van der Waals surface area contributed by atoms with Gasteiger partial charge in [0.1, 0.15) is 18.1 Å². The number of hydrogen-bond donors (Lipinski definition) is 0. The molecular weight excluding hydrogens is 320 g/mol. The molecule has 0 saturated carbocycles. The third kappa shape index (κ3) is 4.20. The van der Waals surface area contributed by atoms with Crippen molar-refractivity contribution in [2.45, 2.75) is 39.8 Å². The molecule has 1 saturated heterocycles. The molecule has 0 N–H and O–H groups in total. The first-order valence-corrected chi connectivity index (χ1v) is 8.55. The van der Waals surface area contributed by atoms with Gasteiger partial charge in [-0.15, -0.1) is 0 Å². The van der Waals surface area contributed by atoms with E-state index in [2.05, 4.69) is 5.16 Å². The monoisotopic (exact) mass is 344 g/mol. The summed E-state index contributed by atoms with van der Waals surface area (Å²) in [6.07, 6.45) is 0.397. The number of ether oxygens (including phenoxy) is 2. The number of amides is 1. The summed E-state index contributed by atoms with van der Waals surface area (Å²) in [5.74, 6) is 1.68. The number of aryl methyl sites for hydroxylation is 2. The maximum Gasteiger partial charge on any atom is 0.227 e. The Morgan fingerprint density at radius 1 is 1.32 bits per heavy atom. The quantitative estimate of drug-likeness (QED) is 0.834. The van der Waals surface area contributed by atoms with Crippen molar-refractivity contribution in [3.8, 4) is 5.75 Å². The molecule has 0 spiro atoms. The highest BCUT2D eigenvalue weighted by molar-refractivity contribution is 5.79. The molecule has 1 fully saturated rings. The average molecular weight is 344 g/mol. The van der Waals surface area contributed by atoms with Crippen LogP contribution in [0.25, 0.3) is 0 Å². The smallest absolute Gasteiger partial charge is 0.227 e. The van der Waals surface area contributed by atoms with E-state index in [1.54, 1.807) is 0 Å². The minimum Gasteiger partial charge on any atom is -0.489 e. The van der Waals surface area contributed by atoms with Gasteiger partial charge in [0.05, 0.1) is 36.9 Å². The molecule has 134 valence electrons. The van der Waals surface area contributed by atoms with Gasteiger partial charge in [-0.3, -0.25) is 4.79 Å². The standard InChI is InChI=1S/C19H24N2O4/c1-13-11-23-9-8-21(13)19(22)10-16-4-6-17(7-5-16)24-12-18-14(2)20-25-15(18)3/h4-7,13H,8-12H2,1-3H3. The second-order valence-corrected chi connectivity index (χ2v) is 6.42. The van der Waals surface area contributed by atoms with Crippen LogP contribution < -0.4 is 4.74 Å². The molecule has 0 bridgehead atoms. The summed E-state index contributed by atoms with van der Waals surface area (Å²) in [7, 11) is 0. The van der Waals surface area contributed by atoms with E-state index >= 15 is 0 Å². The van der Waals surface area contributed by atoms with Crippen molar-refractivity contribution in [2.75, 3.05) is 19.8 Å². The van der Waals surface area contributed by atoms with Crippen molar-refractivity contribution < 1.29 is 18.8 Å². The molecule has 1 aliphatic heterocycles. The van der Waals surface area contributed by atoms with Crippen LogP contribution in [0.4, 0.5) is 0 Å². The van der Waals surface area contributed by atoms with Crippen molar-refractivity contribution in [3.63, 3.8) is 0 Å². The Hall–Kier alpha value is -2.34. The van der Waals surface area contributed by atoms with Gasteiger partial charge in [0.2, 0.25) is 5.91 Å². The number of benzene rings is 1. The fourth-order valence-corrected chi connectivity index (χ4v) is 2.94. The lowest BCUT2D eigenvalue weighted by Crippen LogP contribution is -2.47. The molecule has 0 radical (unpaired) electrons. The van der Waals surface area contributed by atoms with Crippen LogP contribution in [0.1, 0.15) is 29.5 Å². The Morgan fingerprint density at radius 3 is 2.72 bits per heavy atom. The van der Waals surface area contributed by atoms with E-state index in [0.29, 0.717) is 32.8 Å². The Kier molecular flexibility index (Phi) is 5.38. The van der Waals surface area contributed by atoms with Gasteiger partial charge in [-0.1, -0.05) is 17.3 Å². The predicted octanol–water partition coefficient (Wildman–Crippen LogP) is 2.66. The summed E-state index contributed by atoms with van der Waals surface area (Å²) >= 11 is 0. The molecule has 1 atom stereocenters. The zero-order valence-corrected chi connectivity index (χ0v) is 14.9. The van der Waals surface area contributed by atoms with Gasteiger partial charge in [0.15, 0.2) is 0 Å². The highest BCUT2D eigenvalue weighted by Gasteiger charge is 2.23. The van der Waals surface area contributed by atoms with Crippen LogP contribution >= 0.6 is 0 Å². The molecule has 1 aromatic carbocycles. The first-order chi connectivity index (χ1) is 12.0. The van der Waals surface area contributed by atoms with Crippen molar-refractivity contribution in [1.29, 1.82) is 0 Å². The van der Waals surface area contributed by atoms with E-state index in [1.165, 1.54) is 0 Å². The molecule has 6 nitrogen and oxygen atoms in total. The Bertz CT molecular complexity index is 704. The predicted molar refractivity (Wildman–Crippen MR) is 92.4 cm³/mol. The summed E-state index contributed by atoms with van der Waals surface area (Å²) < 4.78 is 16.3. The topological polar surface area (TPSA) is 64.8 Å². The molecule has 1 unspecified atom stereocenters. The maximum atomic E-state index is 12.4.